The summed E-state index contributed by atoms with van der Waals surface area (Å²) in [5.41, 5.74) is -0.277. The lowest BCUT2D eigenvalue weighted by Crippen LogP contribution is -2.51. The first-order valence-corrected chi connectivity index (χ1v) is 17.5. The SMILES string of the molecule is N#CC1(NC(=O)[C@@H]2C[C@@H](S(=O)(=O)c3ccc(N4CCN(C5CC5)CC4)cc3Cl)CN2C(=O)C2(c3ccc(Cl)nc3)CC2)CC1. The van der Waals surface area contributed by atoms with Crippen LogP contribution in [0.2, 0.25) is 10.2 Å². The van der Waals surface area contributed by atoms with Crippen LogP contribution in [0, 0.1) is 11.3 Å². The van der Waals surface area contributed by atoms with E-state index in [0.717, 1.165) is 31.9 Å². The van der Waals surface area contributed by atoms with E-state index in [2.05, 4.69) is 26.2 Å². The second kappa shape index (κ2) is 10.9. The van der Waals surface area contributed by atoms with E-state index in [0.29, 0.717) is 42.4 Å². The predicted molar refractivity (Wildman–Crippen MR) is 165 cm³/mol. The van der Waals surface area contributed by atoms with E-state index in [1.165, 1.54) is 17.7 Å². The van der Waals surface area contributed by atoms with Crippen molar-refractivity contribution in [3.63, 3.8) is 0 Å². The van der Waals surface area contributed by atoms with Crippen molar-refractivity contribution in [2.24, 2.45) is 0 Å². The van der Waals surface area contributed by atoms with Gasteiger partial charge in [0.1, 0.15) is 16.7 Å². The maximum atomic E-state index is 14.1. The molecule has 3 saturated carbocycles. The number of hydrogen-bond donors (Lipinski definition) is 1. The Labute approximate surface area is 267 Å². The number of carbonyl (C=O) groups excluding carboxylic acids is 2. The molecule has 1 aromatic heterocycles. The van der Waals surface area contributed by atoms with Gasteiger partial charge in [-0.05, 0) is 74.8 Å². The summed E-state index contributed by atoms with van der Waals surface area (Å²) in [6.07, 6.45) is 6.17. The van der Waals surface area contributed by atoms with Crippen molar-refractivity contribution in [1.82, 2.24) is 20.1 Å². The molecule has 44 heavy (non-hydrogen) atoms. The summed E-state index contributed by atoms with van der Waals surface area (Å²) >= 11 is 12.6. The van der Waals surface area contributed by atoms with E-state index in [1.54, 1.807) is 36.5 Å². The van der Waals surface area contributed by atoms with Gasteiger partial charge >= 0.3 is 0 Å². The van der Waals surface area contributed by atoms with Crippen LogP contribution < -0.4 is 10.2 Å². The van der Waals surface area contributed by atoms with Crippen LogP contribution in [0.4, 0.5) is 5.69 Å². The number of sulfone groups is 1. The Morgan fingerprint density at radius 3 is 2.32 bits per heavy atom. The van der Waals surface area contributed by atoms with Crippen LogP contribution in [0.5, 0.6) is 0 Å². The second-order valence-electron chi connectivity index (χ2n) is 12.9. The summed E-state index contributed by atoms with van der Waals surface area (Å²) in [5.74, 6) is -0.819. The number of carbonyl (C=O) groups is 2. The number of benzene rings is 1. The van der Waals surface area contributed by atoms with Crippen LogP contribution in [0.3, 0.4) is 0 Å². The number of piperazine rings is 1. The highest BCUT2D eigenvalue weighted by molar-refractivity contribution is 7.92. The molecule has 5 aliphatic rings. The predicted octanol–water partition coefficient (Wildman–Crippen LogP) is 3.32. The largest absolute Gasteiger partial charge is 0.369 e. The molecule has 2 atom stereocenters. The van der Waals surface area contributed by atoms with Gasteiger partial charge in [-0.1, -0.05) is 29.3 Å². The number of halogens is 2. The van der Waals surface area contributed by atoms with Gasteiger partial charge in [-0.15, -0.1) is 0 Å². The van der Waals surface area contributed by atoms with Crippen molar-refractivity contribution in [2.75, 3.05) is 37.6 Å². The normalized spacial score (nSPS) is 25.8. The Balaban J connectivity index is 1.13. The minimum Gasteiger partial charge on any atom is -0.369 e. The van der Waals surface area contributed by atoms with Crippen LogP contribution in [-0.2, 0) is 24.8 Å². The molecule has 0 spiro atoms. The highest BCUT2D eigenvalue weighted by Gasteiger charge is 2.58. The molecule has 1 N–H and O–H groups in total. The Kier molecular flexibility index (Phi) is 7.35. The standard InChI is InChI=1S/C31H34Cl2N6O4S/c32-24-15-22(38-13-11-37(12-14-38)21-2-3-21)4-5-26(24)44(42,43)23-16-25(28(40)36-30(19-34)7-8-30)39(18-23)29(41)31(9-10-31)20-1-6-27(33)35-17-20/h1,4-6,15,17,21,23,25H,2-3,7-14,16,18H2,(H,36,40)/t23-,25+/m1/s1. The molecule has 3 aliphatic carbocycles. The molecule has 0 radical (unpaired) electrons. The molecule has 0 bridgehead atoms. The smallest absolute Gasteiger partial charge is 0.244 e. The lowest BCUT2D eigenvalue weighted by molar-refractivity contribution is -0.140. The average molecular weight is 658 g/mol. The van der Waals surface area contributed by atoms with Crippen molar-refractivity contribution >= 4 is 50.5 Å². The maximum absolute atomic E-state index is 14.1. The molecule has 13 heteroatoms. The van der Waals surface area contributed by atoms with E-state index in [9.17, 15) is 23.3 Å². The number of nitriles is 1. The van der Waals surface area contributed by atoms with Gasteiger partial charge in [-0.25, -0.2) is 13.4 Å². The van der Waals surface area contributed by atoms with Gasteiger partial charge < -0.3 is 15.1 Å². The molecule has 2 aliphatic heterocycles. The number of anilines is 1. The average Bonchev–Trinajstić information content (AvgIpc) is 3.92. The Hall–Kier alpha value is -2.91. The van der Waals surface area contributed by atoms with Crippen molar-refractivity contribution in [3.05, 3.63) is 52.3 Å². The molecule has 2 amide bonds. The summed E-state index contributed by atoms with van der Waals surface area (Å²) < 4.78 is 28.2. The number of rotatable bonds is 8. The lowest BCUT2D eigenvalue weighted by atomic mass is 9.95. The fraction of sp³-hybridized carbons (Fsp3) is 0.548. The Morgan fingerprint density at radius 2 is 1.75 bits per heavy atom. The van der Waals surface area contributed by atoms with Crippen molar-refractivity contribution in [2.45, 2.75) is 78.1 Å². The third kappa shape index (κ3) is 5.34. The molecule has 10 nitrogen and oxygen atoms in total. The molecule has 1 aromatic carbocycles. The first-order valence-electron chi connectivity index (χ1n) is 15.2. The Bertz CT molecular complexity index is 1640. The lowest BCUT2D eigenvalue weighted by Gasteiger charge is -2.36. The van der Waals surface area contributed by atoms with E-state index >= 15 is 0 Å². The molecule has 0 unspecified atom stereocenters. The van der Waals surface area contributed by atoms with Gasteiger partial charge in [-0.2, -0.15) is 5.26 Å². The zero-order valence-electron chi connectivity index (χ0n) is 24.2. The van der Waals surface area contributed by atoms with Gasteiger partial charge in [-0.3, -0.25) is 14.5 Å². The number of aromatic nitrogens is 1. The van der Waals surface area contributed by atoms with E-state index in [-0.39, 0.29) is 28.8 Å². The maximum Gasteiger partial charge on any atom is 0.244 e. The first kappa shape index (κ1) is 29.8. The van der Waals surface area contributed by atoms with Crippen molar-refractivity contribution in [1.29, 1.82) is 5.26 Å². The van der Waals surface area contributed by atoms with Crippen LogP contribution in [0.1, 0.15) is 50.5 Å². The summed E-state index contributed by atoms with van der Waals surface area (Å²) in [6.45, 7) is 3.49. The third-order valence-corrected chi connectivity index (χ3v) is 12.8. The van der Waals surface area contributed by atoms with Crippen LogP contribution in [-0.4, -0.2) is 90.6 Å². The van der Waals surface area contributed by atoms with E-state index < -0.39 is 38.0 Å². The van der Waals surface area contributed by atoms with Gasteiger partial charge in [0.05, 0.1) is 26.7 Å². The summed E-state index contributed by atoms with van der Waals surface area (Å²) in [4.78, 5) is 38.0. The van der Waals surface area contributed by atoms with Gasteiger partial charge in [0.15, 0.2) is 9.84 Å². The number of hydrogen-bond acceptors (Lipinski definition) is 8. The number of nitrogens with zero attached hydrogens (tertiary/aromatic N) is 5. The zero-order chi connectivity index (χ0) is 30.9. The Morgan fingerprint density at radius 1 is 1.02 bits per heavy atom. The quantitative estimate of drug-likeness (QED) is 0.429. The monoisotopic (exact) mass is 656 g/mol. The summed E-state index contributed by atoms with van der Waals surface area (Å²) in [6, 6.07) is 10.2. The fourth-order valence-corrected chi connectivity index (χ4v) is 9.12. The van der Waals surface area contributed by atoms with Gasteiger partial charge in [0, 0.05) is 50.6 Å². The zero-order valence-corrected chi connectivity index (χ0v) is 26.5. The molecule has 7 rings (SSSR count). The highest BCUT2D eigenvalue weighted by Crippen LogP contribution is 2.51. The van der Waals surface area contributed by atoms with Crippen LogP contribution in [0.15, 0.2) is 41.4 Å². The third-order valence-electron chi connectivity index (χ3n) is 10.00. The van der Waals surface area contributed by atoms with Crippen LogP contribution >= 0.6 is 23.2 Å². The molecule has 5 fully saturated rings. The molecular weight excluding hydrogens is 623 g/mol. The van der Waals surface area contributed by atoms with E-state index in [4.69, 9.17) is 23.2 Å². The molecular formula is C31H34Cl2N6O4S. The van der Waals surface area contributed by atoms with Gasteiger partial charge in [0.2, 0.25) is 11.8 Å². The number of amides is 2. The number of likely N-dealkylation sites (tertiary alicyclic amines) is 1. The van der Waals surface area contributed by atoms with E-state index in [1.807, 2.05) is 0 Å². The first-order chi connectivity index (χ1) is 21.0. The van der Waals surface area contributed by atoms with Gasteiger partial charge in [0.25, 0.3) is 0 Å². The van der Waals surface area contributed by atoms with Crippen molar-refractivity contribution in [3.8, 4) is 6.07 Å². The number of pyridine rings is 1. The topological polar surface area (TPSA) is 127 Å². The van der Waals surface area contributed by atoms with Crippen LogP contribution in [0.25, 0.3) is 0 Å². The summed E-state index contributed by atoms with van der Waals surface area (Å²) in [5, 5.41) is 11.8. The minimum absolute atomic E-state index is 0.00304. The second-order valence-corrected chi connectivity index (χ2v) is 15.9. The molecule has 2 aromatic rings. The number of nitrogens with one attached hydrogen (secondary N) is 1. The highest BCUT2D eigenvalue weighted by atomic mass is 35.5. The fourth-order valence-electron chi connectivity index (χ4n) is 6.77. The molecule has 232 valence electrons. The molecule has 2 saturated heterocycles. The minimum atomic E-state index is -4.02. The van der Waals surface area contributed by atoms with Crippen molar-refractivity contribution < 1.29 is 18.0 Å². The summed E-state index contributed by atoms with van der Waals surface area (Å²) in [7, 11) is -4.02. The molecule has 3 heterocycles.